The number of benzene rings is 1. The van der Waals surface area contributed by atoms with Crippen LogP contribution in [0.15, 0.2) is 34.5 Å². The zero-order chi connectivity index (χ0) is 22.6. The standard InChI is InChI=1S/C27H35F3N2/c1-25-15-6-5-8-19(25)10-11-20-22-12-13-24(26(22,2)16-14-23(20)25)32-31-17-18-7-3-4-9-21(18)27(28,29)30/h3-4,7,9,17,19-20,22-23H,5-6,8,10-16H2,1-2H3/b31-17-,32-24-/t19-,20+,22+,23+,25-,26-/m0/s1. The van der Waals surface area contributed by atoms with E-state index in [4.69, 9.17) is 0 Å². The average molecular weight is 445 g/mol. The van der Waals surface area contributed by atoms with Crippen LogP contribution >= 0.6 is 0 Å². The van der Waals surface area contributed by atoms with Gasteiger partial charge in [-0.3, -0.25) is 0 Å². The van der Waals surface area contributed by atoms with Crippen LogP contribution in [0.3, 0.4) is 0 Å². The highest BCUT2D eigenvalue weighted by Crippen LogP contribution is 2.65. The van der Waals surface area contributed by atoms with Crippen LogP contribution in [0.2, 0.25) is 0 Å². The van der Waals surface area contributed by atoms with Crippen molar-refractivity contribution in [1.29, 1.82) is 0 Å². The van der Waals surface area contributed by atoms with Gasteiger partial charge in [0, 0.05) is 16.7 Å². The summed E-state index contributed by atoms with van der Waals surface area (Å²) in [6.07, 6.45) is 9.75. The molecule has 0 amide bonds. The van der Waals surface area contributed by atoms with E-state index in [1.807, 2.05) is 0 Å². The van der Waals surface area contributed by atoms with E-state index in [9.17, 15) is 13.2 Å². The molecule has 5 heteroatoms. The molecule has 5 rings (SSSR count). The summed E-state index contributed by atoms with van der Waals surface area (Å²) in [4.78, 5) is 0. The number of alkyl halides is 3. The van der Waals surface area contributed by atoms with Crippen molar-refractivity contribution in [1.82, 2.24) is 0 Å². The maximum Gasteiger partial charge on any atom is 0.417 e. The molecule has 6 atom stereocenters. The largest absolute Gasteiger partial charge is 0.417 e. The van der Waals surface area contributed by atoms with Crippen molar-refractivity contribution in [3.05, 3.63) is 35.4 Å². The van der Waals surface area contributed by atoms with E-state index >= 15 is 0 Å². The van der Waals surface area contributed by atoms with Gasteiger partial charge in [0.15, 0.2) is 0 Å². The summed E-state index contributed by atoms with van der Waals surface area (Å²) in [5, 5.41) is 8.73. The third-order valence-electron chi connectivity index (χ3n) is 9.97. The number of rotatable bonds is 2. The van der Waals surface area contributed by atoms with Gasteiger partial charge in [-0.25, -0.2) is 0 Å². The maximum atomic E-state index is 13.3. The molecule has 4 aliphatic carbocycles. The molecule has 0 bridgehead atoms. The predicted molar refractivity (Wildman–Crippen MR) is 123 cm³/mol. The molecule has 4 fully saturated rings. The number of hydrogen-bond donors (Lipinski definition) is 0. The minimum atomic E-state index is -4.38. The third-order valence-corrected chi connectivity index (χ3v) is 9.97. The van der Waals surface area contributed by atoms with E-state index in [-0.39, 0.29) is 11.0 Å². The Bertz CT molecular complexity index is 920. The first kappa shape index (κ1) is 22.2. The monoisotopic (exact) mass is 444 g/mol. The van der Waals surface area contributed by atoms with Crippen molar-refractivity contribution in [3.63, 3.8) is 0 Å². The van der Waals surface area contributed by atoms with Crippen molar-refractivity contribution in [3.8, 4) is 0 Å². The molecule has 0 heterocycles. The summed E-state index contributed by atoms with van der Waals surface area (Å²) in [6, 6.07) is 5.58. The summed E-state index contributed by atoms with van der Waals surface area (Å²) in [5.74, 6) is 3.17. The normalized spacial score (nSPS) is 40.8. The van der Waals surface area contributed by atoms with Crippen LogP contribution in [0.4, 0.5) is 13.2 Å². The molecular weight excluding hydrogens is 409 g/mol. The molecule has 0 unspecified atom stereocenters. The maximum absolute atomic E-state index is 13.3. The van der Waals surface area contributed by atoms with Gasteiger partial charge in [-0.15, -0.1) is 0 Å². The number of nitrogens with zero attached hydrogens (tertiary/aromatic N) is 2. The Kier molecular flexibility index (Phi) is 5.53. The Morgan fingerprint density at radius 1 is 0.938 bits per heavy atom. The van der Waals surface area contributed by atoms with Crippen LogP contribution in [-0.2, 0) is 6.18 Å². The Balaban J connectivity index is 1.37. The molecule has 32 heavy (non-hydrogen) atoms. The van der Waals surface area contributed by atoms with E-state index in [1.54, 1.807) is 6.07 Å². The smallest absolute Gasteiger partial charge is 0.166 e. The Hall–Kier alpha value is -1.65. The van der Waals surface area contributed by atoms with Crippen LogP contribution in [-0.4, -0.2) is 11.9 Å². The summed E-state index contributed by atoms with van der Waals surface area (Å²) in [7, 11) is 0. The number of hydrogen-bond acceptors (Lipinski definition) is 2. The highest BCUT2D eigenvalue weighted by molar-refractivity contribution is 5.93. The van der Waals surface area contributed by atoms with Gasteiger partial charge >= 0.3 is 6.18 Å². The molecule has 0 aromatic heterocycles. The third kappa shape index (κ3) is 3.54. The SMILES string of the molecule is C[C@]12CCCC[C@H]1CC[C@H]1[C@H]2CC[C@]2(C)/C(=N\N=C/c3ccccc3C(F)(F)F)CC[C@H]12. The Labute approximate surface area is 189 Å². The molecule has 0 N–H and O–H groups in total. The first-order valence-electron chi connectivity index (χ1n) is 12.5. The quantitative estimate of drug-likeness (QED) is 0.327. The summed E-state index contributed by atoms with van der Waals surface area (Å²) in [5.41, 5.74) is 1.10. The van der Waals surface area contributed by atoms with Crippen molar-refractivity contribution >= 4 is 11.9 Å². The number of fused-ring (bicyclic) bond motifs is 5. The van der Waals surface area contributed by atoms with Gasteiger partial charge < -0.3 is 0 Å². The second kappa shape index (κ2) is 7.99. The van der Waals surface area contributed by atoms with E-state index in [2.05, 4.69) is 24.1 Å². The second-order valence-corrected chi connectivity index (χ2v) is 11.3. The van der Waals surface area contributed by atoms with Crippen molar-refractivity contribution in [2.45, 2.75) is 84.2 Å². The first-order chi connectivity index (χ1) is 15.2. The Morgan fingerprint density at radius 3 is 2.56 bits per heavy atom. The lowest BCUT2D eigenvalue weighted by atomic mass is 9.45. The first-order valence-corrected chi connectivity index (χ1v) is 12.5. The second-order valence-electron chi connectivity index (χ2n) is 11.3. The predicted octanol–water partition coefficient (Wildman–Crippen LogP) is 7.91. The van der Waals surface area contributed by atoms with Gasteiger partial charge in [0.05, 0.1) is 11.8 Å². The van der Waals surface area contributed by atoms with Crippen LogP contribution in [0.1, 0.15) is 89.2 Å². The van der Waals surface area contributed by atoms with Gasteiger partial charge in [0.1, 0.15) is 0 Å². The molecule has 1 aromatic carbocycles. The summed E-state index contributed by atoms with van der Waals surface area (Å²) >= 11 is 0. The molecule has 1 aromatic rings. The molecule has 0 radical (unpaired) electrons. The lowest BCUT2D eigenvalue weighted by Crippen LogP contribution is -2.52. The summed E-state index contributed by atoms with van der Waals surface area (Å²) < 4.78 is 39.8. The van der Waals surface area contributed by atoms with Crippen LogP contribution in [0.25, 0.3) is 0 Å². The molecule has 174 valence electrons. The molecule has 0 spiro atoms. The zero-order valence-electron chi connectivity index (χ0n) is 19.3. The van der Waals surface area contributed by atoms with E-state index in [0.29, 0.717) is 11.3 Å². The molecule has 0 aliphatic heterocycles. The topological polar surface area (TPSA) is 24.7 Å². The van der Waals surface area contributed by atoms with Crippen molar-refractivity contribution < 1.29 is 13.2 Å². The highest BCUT2D eigenvalue weighted by atomic mass is 19.4. The molecule has 0 saturated heterocycles. The Morgan fingerprint density at radius 2 is 1.75 bits per heavy atom. The van der Waals surface area contributed by atoms with E-state index < -0.39 is 11.7 Å². The van der Waals surface area contributed by atoms with Gasteiger partial charge in [0.25, 0.3) is 0 Å². The van der Waals surface area contributed by atoms with Gasteiger partial charge in [-0.2, -0.15) is 23.4 Å². The molecule has 4 saturated carbocycles. The van der Waals surface area contributed by atoms with Gasteiger partial charge in [-0.1, -0.05) is 44.9 Å². The summed E-state index contributed by atoms with van der Waals surface area (Å²) in [6.45, 7) is 4.94. The van der Waals surface area contributed by atoms with Crippen LogP contribution < -0.4 is 0 Å². The molecule has 2 nitrogen and oxygen atoms in total. The van der Waals surface area contributed by atoms with Crippen LogP contribution in [0.5, 0.6) is 0 Å². The van der Waals surface area contributed by atoms with Gasteiger partial charge in [-0.05, 0) is 86.5 Å². The number of halogens is 3. The van der Waals surface area contributed by atoms with Crippen molar-refractivity contribution in [2.24, 2.45) is 44.7 Å². The van der Waals surface area contributed by atoms with Crippen LogP contribution in [0, 0.1) is 34.5 Å². The van der Waals surface area contributed by atoms with E-state index in [1.165, 1.54) is 63.3 Å². The molecule has 4 aliphatic rings. The fourth-order valence-electron chi connectivity index (χ4n) is 8.28. The van der Waals surface area contributed by atoms with Gasteiger partial charge in [0.2, 0.25) is 0 Å². The van der Waals surface area contributed by atoms with Crippen molar-refractivity contribution in [2.75, 3.05) is 0 Å². The van der Waals surface area contributed by atoms with E-state index in [0.717, 1.165) is 48.8 Å². The minimum absolute atomic E-state index is 0.0555. The lowest BCUT2D eigenvalue weighted by molar-refractivity contribution is -0.137. The zero-order valence-corrected chi connectivity index (χ0v) is 19.3. The minimum Gasteiger partial charge on any atom is -0.166 e. The highest BCUT2D eigenvalue weighted by Gasteiger charge is 2.59. The molecular formula is C27H35F3N2. The fourth-order valence-corrected chi connectivity index (χ4v) is 8.28. The lowest BCUT2D eigenvalue weighted by Gasteiger charge is -2.59. The average Bonchev–Trinajstić information content (AvgIpc) is 3.09. The fraction of sp³-hybridized carbons (Fsp3) is 0.704.